The van der Waals surface area contributed by atoms with Gasteiger partial charge in [-0.15, -0.1) is 0 Å². The Hall–Kier alpha value is -2.15. The lowest BCUT2D eigenvalue weighted by atomic mass is 10.0. The zero-order valence-corrected chi connectivity index (χ0v) is 14.5. The van der Waals surface area contributed by atoms with E-state index in [1.807, 2.05) is 12.1 Å². The molecule has 7 heteroatoms. The maximum atomic E-state index is 11.8. The first-order valence-electron chi connectivity index (χ1n) is 8.03. The van der Waals surface area contributed by atoms with Gasteiger partial charge in [0.25, 0.3) is 0 Å². The molecule has 134 valence electrons. The number of aromatic nitrogens is 1. The van der Waals surface area contributed by atoms with Gasteiger partial charge in [0.05, 0.1) is 0 Å². The predicted molar refractivity (Wildman–Crippen MR) is 90.4 cm³/mol. The number of alkyl carbamates (subject to hydrolysis) is 1. The van der Waals surface area contributed by atoms with E-state index in [0.29, 0.717) is 13.0 Å². The van der Waals surface area contributed by atoms with E-state index in [-0.39, 0.29) is 31.4 Å². The molecule has 7 nitrogen and oxygen atoms in total. The molecule has 1 heterocycles. The van der Waals surface area contributed by atoms with Gasteiger partial charge in [0, 0.05) is 44.4 Å². The molecular formula is C17H27N3O4. The first kappa shape index (κ1) is 19.9. The van der Waals surface area contributed by atoms with Gasteiger partial charge < -0.3 is 20.5 Å². The van der Waals surface area contributed by atoms with Crippen molar-refractivity contribution in [3.63, 3.8) is 0 Å². The number of nitrogens with zero attached hydrogens (tertiary/aromatic N) is 1. The van der Waals surface area contributed by atoms with E-state index in [1.165, 1.54) is 0 Å². The smallest absolute Gasteiger partial charge is 0.407 e. The highest BCUT2D eigenvalue weighted by molar-refractivity contribution is 5.77. The normalized spacial score (nSPS) is 12.3. The third-order valence-corrected chi connectivity index (χ3v) is 3.14. The van der Waals surface area contributed by atoms with Crippen molar-refractivity contribution in [2.45, 2.75) is 39.2 Å². The molecule has 0 aliphatic carbocycles. The summed E-state index contributed by atoms with van der Waals surface area (Å²) in [5.74, 6) is -0.241. The summed E-state index contributed by atoms with van der Waals surface area (Å²) in [6.07, 6.45) is 3.68. The zero-order chi connectivity index (χ0) is 18.0. The number of amides is 2. The summed E-state index contributed by atoms with van der Waals surface area (Å²) in [6, 6.07) is 3.77. The van der Waals surface area contributed by atoms with Crippen LogP contribution in [0, 0.1) is 5.92 Å². The Morgan fingerprint density at radius 3 is 2.50 bits per heavy atom. The minimum Gasteiger partial charge on any atom is -0.444 e. The third kappa shape index (κ3) is 9.09. The average Bonchev–Trinajstić information content (AvgIpc) is 2.50. The lowest BCUT2D eigenvalue weighted by Crippen LogP contribution is -2.36. The molecule has 1 aromatic rings. The van der Waals surface area contributed by atoms with E-state index in [0.717, 1.165) is 5.56 Å². The van der Waals surface area contributed by atoms with Crippen LogP contribution in [-0.4, -0.2) is 47.4 Å². The largest absolute Gasteiger partial charge is 0.444 e. The summed E-state index contributed by atoms with van der Waals surface area (Å²) in [4.78, 5) is 27.2. The average molecular weight is 337 g/mol. The SMILES string of the molecule is CC(C)(C)OC(=O)NCCC(=O)NC[C@@H](CO)Cc1ccncc1. The minimum atomic E-state index is -0.562. The summed E-state index contributed by atoms with van der Waals surface area (Å²) in [6.45, 7) is 5.89. The number of pyridine rings is 1. The van der Waals surface area contributed by atoms with Gasteiger partial charge >= 0.3 is 6.09 Å². The first-order chi connectivity index (χ1) is 11.3. The molecule has 0 spiro atoms. The van der Waals surface area contributed by atoms with E-state index in [2.05, 4.69) is 15.6 Å². The second-order valence-electron chi connectivity index (χ2n) is 6.59. The van der Waals surface area contributed by atoms with Crippen LogP contribution in [0.3, 0.4) is 0 Å². The number of carbonyl (C=O) groups is 2. The maximum absolute atomic E-state index is 11.8. The fourth-order valence-corrected chi connectivity index (χ4v) is 1.99. The van der Waals surface area contributed by atoms with Crippen LogP contribution in [0.1, 0.15) is 32.8 Å². The van der Waals surface area contributed by atoms with E-state index >= 15 is 0 Å². The Bertz CT molecular complexity index is 514. The summed E-state index contributed by atoms with van der Waals surface area (Å²) in [5.41, 5.74) is 0.498. The minimum absolute atomic E-state index is 0.0151. The number of carbonyl (C=O) groups excluding carboxylic acids is 2. The van der Waals surface area contributed by atoms with Crippen molar-refractivity contribution in [2.24, 2.45) is 5.92 Å². The van der Waals surface area contributed by atoms with Crippen molar-refractivity contribution in [3.8, 4) is 0 Å². The zero-order valence-electron chi connectivity index (χ0n) is 14.5. The van der Waals surface area contributed by atoms with Crippen molar-refractivity contribution in [2.75, 3.05) is 19.7 Å². The van der Waals surface area contributed by atoms with Gasteiger partial charge in [0.1, 0.15) is 5.60 Å². The molecule has 2 amide bonds. The van der Waals surface area contributed by atoms with Gasteiger partial charge in [0.15, 0.2) is 0 Å². The first-order valence-corrected chi connectivity index (χ1v) is 8.03. The third-order valence-electron chi connectivity index (χ3n) is 3.14. The molecule has 1 atom stereocenters. The van der Waals surface area contributed by atoms with Crippen LogP contribution in [0.5, 0.6) is 0 Å². The molecular weight excluding hydrogens is 310 g/mol. The van der Waals surface area contributed by atoms with Crippen molar-refractivity contribution in [1.29, 1.82) is 0 Å². The van der Waals surface area contributed by atoms with Crippen LogP contribution in [0.25, 0.3) is 0 Å². The highest BCUT2D eigenvalue weighted by atomic mass is 16.6. The van der Waals surface area contributed by atoms with Crippen LogP contribution < -0.4 is 10.6 Å². The van der Waals surface area contributed by atoms with Crippen molar-refractivity contribution in [3.05, 3.63) is 30.1 Å². The van der Waals surface area contributed by atoms with Crippen molar-refractivity contribution >= 4 is 12.0 Å². The van der Waals surface area contributed by atoms with Gasteiger partial charge in [-0.1, -0.05) is 0 Å². The number of aliphatic hydroxyl groups is 1. The van der Waals surface area contributed by atoms with Gasteiger partial charge in [-0.25, -0.2) is 4.79 Å². The fraction of sp³-hybridized carbons (Fsp3) is 0.588. The molecule has 0 aromatic carbocycles. The number of hydrogen-bond donors (Lipinski definition) is 3. The molecule has 0 fully saturated rings. The van der Waals surface area contributed by atoms with Gasteiger partial charge in [-0.2, -0.15) is 0 Å². The van der Waals surface area contributed by atoms with E-state index in [1.54, 1.807) is 33.2 Å². The number of nitrogens with one attached hydrogen (secondary N) is 2. The molecule has 24 heavy (non-hydrogen) atoms. The van der Waals surface area contributed by atoms with Crippen molar-refractivity contribution < 1.29 is 19.4 Å². The van der Waals surface area contributed by atoms with Crippen LogP contribution in [0.4, 0.5) is 4.79 Å². The van der Waals surface area contributed by atoms with Gasteiger partial charge in [-0.3, -0.25) is 9.78 Å². The lowest BCUT2D eigenvalue weighted by molar-refractivity contribution is -0.121. The molecule has 1 aromatic heterocycles. The van der Waals surface area contributed by atoms with Crippen molar-refractivity contribution in [1.82, 2.24) is 15.6 Å². The number of hydrogen-bond acceptors (Lipinski definition) is 5. The summed E-state index contributed by atoms with van der Waals surface area (Å²) >= 11 is 0. The number of ether oxygens (including phenoxy) is 1. The molecule has 0 bridgehead atoms. The topological polar surface area (TPSA) is 101 Å². The molecule has 0 radical (unpaired) electrons. The monoisotopic (exact) mass is 337 g/mol. The summed E-state index contributed by atoms with van der Waals surface area (Å²) < 4.78 is 5.08. The Kier molecular flexibility index (Phi) is 8.18. The van der Waals surface area contributed by atoms with Gasteiger partial charge in [-0.05, 0) is 44.9 Å². The van der Waals surface area contributed by atoms with Crippen LogP contribution in [0.2, 0.25) is 0 Å². The Morgan fingerprint density at radius 1 is 1.25 bits per heavy atom. The summed E-state index contributed by atoms with van der Waals surface area (Å²) in [7, 11) is 0. The quantitative estimate of drug-likeness (QED) is 0.663. The van der Waals surface area contributed by atoms with Crippen LogP contribution in [-0.2, 0) is 16.0 Å². The predicted octanol–water partition coefficient (Wildman–Crippen LogP) is 1.26. The second-order valence-corrected chi connectivity index (χ2v) is 6.59. The van der Waals surface area contributed by atoms with Gasteiger partial charge in [0.2, 0.25) is 5.91 Å². The highest BCUT2D eigenvalue weighted by Gasteiger charge is 2.16. The molecule has 0 aliphatic heterocycles. The highest BCUT2D eigenvalue weighted by Crippen LogP contribution is 2.07. The maximum Gasteiger partial charge on any atom is 0.407 e. The molecule has 0 saturated carbocycles. The Labute approximate surface area is 142 Å². The lowest BCUT2D eigenvalue weighted by Gasteiger charge is -2.19. The molecule has 0 aliphatic rings. The standard InChI is InChI=1S/C17H27N3O4/c1-17(2,3)24-16(23)19-9-6-15(22)20-11-14(12-21)10-13-4-7-18-8-5-13/h4-5,7-8,14,21H,6,9-12H2,1-3H3,(H,19,23)(H,20,22)/t14-/m0/s1. The Morgan fingerprint density at radius 2 is 1.92 bits per heavy atom. The van der Waals surface area contributed by atoms with Crippen LogP contribution >= 0.6 is 0 Å². The van der Waals surface area contributed by atoms with E-state index in [4.69, 9.17) is 4.74 Å². The fourth-order valence-electron chi connectivity index (χ4n) is 1.99. The number of rotatable bonds is 8. The molecule has 3 N–H and O–H groups in total. The Balaban J connectivity index is 2.23. The molecule has 0 unspecified atom stereocenters. The molecule has 1 rings (SSSR count). The summed E-state index contributed by atoms with van der Waals surface area (Å²) in [5, 5.41) is 14.7. The molecule has 0 saturated heterocycles. The number of aliphatic hydroxyl groups excluding tert-OH is 1. The van der Waals surface area contributed by atoms with E-state index < -0.39 is 11.7 Å². The van der Waals surface area contributed by atoms with E-state index in [9.17, 15) is 14.7 Å². The van der Waals surface area contributed by atoms with Crippen LogP contribution in [0.15, 0.2) is 24.5 Å². The second kappa shape index (κ2) is 9.87.